The van der Waals surface area contributed by atoms with Crippen LogP contribution in [0.3, 0.4) is 0 Å². The first kappa shape index (κ1) is 30.6. The Hall–Kier alpha value is -4.38. The van der Waals surface area contributed by atoms with Gasteiger partial charge in [-0.15, -0.1) is 16.4 Å². The molecule has 0 atom stereocenters. The minimum atomic E-state index is -6.10. The highest BCUT2D eigenvalue weighted by atomic mass is 19.2. The Labute approximate surface area is 221 Å². The number of hydrogen-bond acceptors (Lipinski definition) is 1. The quantitative estimate of drug-likeness (QED) is 0.147. The van der Waals surface area contributed by atoms with Gasteiger partial charge in [-0.25, -0.2) is 70.2 Å². The lowest BCUT2D eigenvalue weighted by atomic mass is 9.12. The van der Waals surface area contributed by atoms with Crippen LogP contribution in [0.2, 0.25) is 0 Å². The maximum atomic E-state index is 15.4. The van der Waals surface area contributed by atoms with Crippen LogP contribution >= 0.6 is 0 Å². The maximum absolute atomic E-state index is 15.4. The number of phenols is 1. The first-order valence-corrected chi connectivity index (χ1v) is 10.6. The molecule has 0 heterocycles. The average Bonchev–Trinajstić information content (AvgIpc) is 2.96. The van der Waals surface area contributed by atoms with E-state index in [0.717, 1.165) is 0 Å². The van der Waals surface area contributed by atoms with Gasteiger partial charge in [-0.05, 0) is 6.07 Å². The Bertz CT molecular complexity index is 1570. The van der Waals surface area contributed by atoms with E-state index in [-0.39, 0.29) is 12.1 Å². The Morgan fingerprint density at radius 2 is 0.595 bits per heavy atom. The van der Waals surface area contributed by atoms with Gasteiger partial charge in [0.25, 0.3) is 0 Å². The number of benzene rings is 4. The van der Waals surface area contributed by atoms with Gasteiger partial charge in [-0.3, -0.25) is 0 Å². The van der Waals surface area contributed by atoms with Crippen molar-refractivity contribution in [2.24, 2.45) is 0 Å². The molecule has 4 aromatic rings. The molecule has 0 aliphatic rings. The number of halogens is 16. The number of rotatable bonds is 4. The molecule has 0 radical (unpaired) electrons. The molecule has 42 heavy (non-hydrogen) atoms. The second-order valence-corrected chi connectivity index (χ2v) is 8.53. The van der Waals surface area contributed by atoms with Crippen molar-refractivity contribution >= 4 is 28.0 Å². The van der Waals surface area contributed by atoms with Crippen LogP contribution in [0.25, 0.3) is 0 Å². The van der Waals surface area contributed by atoms with E-state index in [1.807, 2.05) is 0 Å². The Kier molecular flexibility index (Phi) is 7.40. The van der Waals surface area contributed by atoms with Gasteiger partial charge >= 0.3 is 0 Å². The van der Waals surface area contributed by atoms with Gasteiger partial charge in [0.2, 0.25) is 0 Å². The van der Waals surface area contributed by atoms with E-state index >= 15 is 26.3 Å². The molecule has 0 spiro atoms. The summed E-state index contributed by atoms with van der Waals surface area (Å²) in [6.45, 7) is 0. The molecule has 0 bridgehead atoms. The SMILES string of the molecule is Oc1ccc([B-](c2c(F)c(F)c(F)c(F)c2F)(c2c(F)c(F)c(F)c(F)c2F)c2c(F)c(F)c(F)c(F)c2F)cc1F. The molecule has 4 rings (SSSR count). The van der Waals surface area contributed by atoms with Gasteiger partial charge in [-0.2, -0.15) is 5.46 Å². The van der Waals surface area contributed by atoms with E-state index in [4.69, 9.17) is 0 Å². The monoisotopic (exact) mass is 623 g/mol. The Balaban J connectivity index is 2.58. The van der Waals surface area contributed by atoms with Crippen molar-refractivity contribution in [3.8, 4) is 5.75 Å². The summed E-state index contributed by atoms with van der Waals surface area (Å²) in [4.78, 5) is 0. The first-order valence-electron chi connectivity index (χ1n) is 10.6. The summed E-state index contributed by atoms with van der Waals surface area (Å²) in [5.41, 5.74) is -10.6. The number of aromatic hydroxyl groups is 1. The van der Waals surface area contributed by atoms with E-state index in [9.17, 15) is 49.0 Å². The fraction of sp³-hybridized carbons (Fsp3) is 0. The lowest BCUT2D eigenvalue weighted by molar-refractivity contribution is 0.380. The molecule has 0 fully saturated rings. The van der Waals surface area contributed by atoms with Gasteiger partial charge in [-0.1, -0.05) is 12.1 Å². The fourth-order valence-corrected chi connectivity index (χ4v) is 4.73. The van der Waals surface area contributed by atoms with Crippen molar-refractivity contribution in [3.05, 3.63) is 111 Å². The first-order chi connectivity index (χ1) is 19.4. The van der Waals surface area contributed by atoms with Crippen molar-refractivity contribution < 1.29 is 75.4 Å². The summed E-state index contributed by atoms with van der Waals surface area (Å²) in [6, 6.07) is -0.401. The van der Waals surface area contributed by atoms with Crippen LogP contribution in [-0.4, -0.2) is 11.3 Å². The van der Waals surface area contributed by atoms with Gasteiger partial charge in [0.15, 0.2) is 63.9 Å². The van der Waals surface area contributed by atoms with E-state index < -0.39 is 133 Å². The van der Waals surface area contributed by atoms with Crippen molar-refractivity contribution in [1.82, 2.24) is 0 Å². The molecule has 0 saturated heterocycles. The predicted molar refractivity (Wildman–Crippen MR) is 111 cm³/mol. The minimum Gasteiger partial charge on any atom is -0.505 e. The maximum Gasteiger partial charge on any atom is 0.200 e. The molecular formula is C24H4BF16O-. The summed E-state index contributed by atoms with van der Waals surface area (Å²) in [6.07, 6.45) is -6.10. The molecule has 0 aromatic heterocycles. The van der Waals surface area contributed by atoms with Crippen molar-refractivity contribution in [1.29, 1.82) is 0 Å². The zero-order valence-corrected chi connectivity index (χ0v) is 19.3. The van der Waals surface area contributed by atoms with Crippen molar-refractivity contribution in [2.75, 3.05) is 0 Å². The zero-order chi connectivity index (χ0) is 31.7. The van der Waals surface area contributed by atoms with E-state index in [2.05, 4.69) is 0 Å². The fourth-order valence-electron chi connectivity index (χ4n) is 4.73. The molecule has 1 N–H and O–H groups in total. The molecule has 1 nitrogen and oxygen atoms in total. The highest BCUT2D eigenvalue weighted by molar-refractivity contribution is 7.20. The summed E-state index contributed by atoms with van der Waals surface area (Å²) in [5.74, 6) is -51.3. The molecule has 0 unspecified atom stereocenters. The molecule has 18 heteroatoms. The molecule has 0 saturated carbocycles. The third kappa shape index (κ3) is 3.90. The average molecular weight is 623 g/mol. The van der Waals surface area contributed by atoms with Gasteiger partial charge < -0.3 is 5.11 Å². The second-order valence-electron chi connectivity index (χ2n) is 8.53. The standard InChI is InChI=1S/C24H4BF16O/c26-5-3-4(1-2-6(5)42)25(7-10(27)16(33)22(39)17(34)11(7)28,8-12(29)18(35)23(40)19(36)13(8)30)9-14(31)20(37)24(41)21(38)15(9)32/h1-3,42H/q-1. The zero-order valence-electron chi connectivity index (χ0n) is 19.3. The normalized spacial score (nSPS) is 11.9. The third-order valence-electron chi connectivity index (χ3n) is 6.50. The highest BCUT2D eigenvalue weighted by Crippen LogP contribution is 2.29. The molecule has 222 valence electrons. The molecular weight excluding hydrogens is 619 g/mol. The van der Waals surface area contributed by atoms with Crippen LogP contribution in [0.1, 0.15) is 0 Å². The van der Waals surface area contributed by atoms with Crippen LogP contribution in [0.5, 0.6) is 5.75 Å². The predicted octanol–water partition coefficient (Wildman–Crippen LogP) is 5.00. The van der Waals surface area contributed by atoms with Gasteiger partial charge in [0, 0.05) is 0 Å². The molecule has 4 aromatic carbocycles. The lowest BCUT2D eigenvalue weighted by Gasteiger charge is -2.44. The van der Waals surface area contributed by atoms with Gasteiger partial charge in [0.1, 0.15) is 41.0 Å². The van der Waals surface area contributed by atoms with Crippen LogP contribution < -0.4 is 21.9 Å². The highest BCUT2D eigenvalue weighted by Gasteiger charge is 2.49. The number of phenolic OH excluding ortho intramolecular Hbond substituents is 1. The van der Waals surface area contributed by atoms with E-state index in [1.54, 1.807) is 0 Å². The summed E-state index contributed by atoms with van der Waals surface area (Å²) in [5, 5.41) is 9.50. The summed E-state index contributed by atoms with van der Waals surface area (Å²) < 4.78 is 235. The smallest absolute Gasteiger partial charge is 0.200 e. The molecule has 0 aliphatic carbocycles. The second kappa shape index (κ2) is 10.2. The summed E-state index contributed by atoms with van der Waals surface area (Å²) >= 11 is 0. The van der Waals surface area contributed by atoms with E-state index in [0.29, 0.717) is 0 Å². The van der Waals surface area contributed by atoms with Crippen LogP contribution in [0.15, 0.2) is 18.2 Å². The number of hydrogen-bond donors (Lipinski definition) is 1. The topological polar surface area (TPSA) is 20.2 Å². The summed E-state index contributed by atoms with van der Waals surface area (Å²) in [7, 11) is 0. The van der Waals surface area contributed by atoms with Gasteiger partial charge in [0.05, 0.1) is 0 Å². The van der Waals surface area contributed by atoms with E-state index in [1.165, 1.54) is 0 Å². The van der Waals surface area contributed by atoms with Crippen LogP contribution in [0, 0.1) is 93.1 Å². The third-order valence-corrected chi connectivity index (χ3v) is 6.50. The largest absolute Gasteiger partial charge is 0.505 e. The lowest BCUT2D eigenvalue weighted by Crippen LogP contribution is -2.79. The molecule has 0 amide bonds. The molecule has 0 aliphatic heterocycles. The Morgan fingerprint density at radius 3 is 0.833 bits per heavy atom. The van der Waals surface area contributed by atoms with Crippen molar-refractivity contribution in [3.63, 3.8) is 0 Å². The Morgan fingerprint density at radius 1 is 0.357 bits per heavy atom. The minimum absolute atomic E-state index is 0.0330. The van der Waals surface area contributed by atoms with Crippen LogP contribution in [-0.2, 0) is 0 Å². The van der Waals surface area contributed by atoms with Crippen molar-refractivity contribution in [2.45, 2.75) is 0 Å². The van der Waals surface area contributed by atoms with Crippen LogP contribution in [0.4, 0.5) is 70.2 Å².